The molecule has 1 heterocycles. The van der Waals surface area contributed by atoms with Crippen molar-refractivity contribution in [3.05, 3.63) is 59.4 Å². The highest BCUT2D eigenvalue weighted by Gasteiger charge is 2.16. The summed E-state index contributed by atoms with van der Waals surface area (Å²) in [5, 5.41) is 6.20. The van der Waals surface area contributed by atoms with Crippen LogP contribution in [0, 0.1) is 0 Å². The molecule has 2 rings (SSSR count). The van der Waals surface area contributed by atoms with E-state index >= 15 is 0 Å². The van der Waals surface area contributed by atoms with Gasteiger partial charge in [0.1, 0.15) is 5.60 Å². The monoisotopic (exact) mass is 315 g/mol. The van der Waals surface area contributed by atoms with Gasteiger partial charge in [-0.25, -0.2) is 4.79 Å². The molecule has 3 N–H and O–H groups in total. The standard InChI is InChI=1S/C18H25N3O2/c1-18(2,3)23-17(22)21-12-15-8-5-4-7-14(15)11-19-13-16-9-6-10-20-16/h4-10,19-20H,11-13H2,1-3H3,(H,21,22). The van der Waals surface area contributed by atoms with Crippen molar-refractivity contribution in [1.29, 1.82) is 0 Å². The number of ether oxygens (including phenoxy) is 1. The van der Waals surface area contributed by atoms with Crippen LogP contribution in [0.15, 0.2) is 42.6 Å². The van der Waals surface area contributed by atoms with Crippen LogP contribution in [-0.4, -0.2) is 16.7 Å². The molecule has 5 nitrogen and oxygen atoms in total. The maximum atomic E-state index is 11.8. The molecule has 124 valence electrons. The molecule has 0 fully saturated rings. The fourth-order valence-electron chi connectivity index (χ4n) is 2.19. The molecule has 0 saturated heterocycles. The fourth-order valence-corrected chi connectivity index (χ4v) is 2.19. The predicted molar refractivity (Wildman–Crippen MR) is 90.9 cm³/mol. The van der Waals surface area contributed by atoms with E-state index in [4.69, 9.17) is 4.74 Å². The summed E-state index contributed by atoms with van der Waals surface area (Å²) in [4.78, 5) is 14.9. The van der Waals surface area contributed by atoms with E-state index in [0.29, 0.717) is 6.54 Å². The van der Waals surface area contributed by atoms with Crippen molar-refractivity contribution in [3.8, 4) is 0 Å². The third-order valence-corrected chi connectivity index (χ3v) is 3.23. The van der Waals surface area contributed by atoms with Crippen LogP contribution in [-0.2, 0) is 24.4 Å². The lowest BCUT2D eigenvalue weighted by Crippen LogP contribution is -2.32. The molecule has 0 spiro atoms. The Labute approximate surface area is 137 Å². The zero-order chi connectivity index (χ0) is 16.7. The van der Waals surface area contributed by atoms with E-state index in [2.05, 4.69) is 21.7 Å². The fraction of sp³-hybridized carbons (Fsp3) is 0.389. The minimum atomic E-state index is -0.485. The first kappa shape index (κ1) is 17.1. The smallest absolute Gasteiger partial charge is 0.407 e. The second-order valence-corrected chi connectivity index (χ2v) is 6.42. The molecule has 0 atom stereocenters. The number of aromatic nitrogens is 1. The van der Waals surface area contributed by atoms with E-state index in [0.717, 1.165) is 29.9 Å². The molecule has 1 aromatic heterocycles. The van der Waals surface area contributed by atoms with Gasteiger partial charge >= 0.3 is 6.09 Å². The Bertz CT molecular complexity index is 615. The van der Waals surface area contributed by atoms with Gasteiger partial charge in [0.2, 0.25) is 0 Å². The number of amides is 1. The summed E-state index contributed by atoms with van der Waals surface area (Å²) in [5.74, 6) is 0. The molecule has 0 bridgehead atoms. The average Bonchev–Trinajstić information content (AvgIpc) is 2.98. The first-order valence-corrected chi connectivity index (χ1v) is 7.81. The number of hydrogen-bond acceptors (Lipinski definition) is 3. The van der Waals surface area contributed by atoms with Gasteiger partial charge in [0.05, 0.1) is 0 Å². The van der Waals surface area contributed by atoms with Crippen LogP contribution in [0.25, 0.3) is 0 Å². The van der Waals surface area contributed by atoms with Gasteiger partial charge in [-0.1, -0.05) is 24.3 Å². The predicted octanol–water partition coefficient (Wildman–Crippen LogP) is 3.33. The number of aromatic amines is 1. The summed E-state index contributed by atoms with van der Waals surface area (Å²) >= 11 is 0. The van der Waals surface area contributed by atoms with Crippen LogP contribution in [0.4, 0.5) is 4.79 Å². The van der Waals surface area contributed by atoms with Gasteiger partial charge in [-0.15, -0.1) is 0 Å². The van der Waals surface area contributed by atoms with Crippen LogP contribution < -0.4 is 10.6 Å². The topological polar surface area (TPSA) is 66.2 Å². The maximum Gasteiger partial charge on any atom is 0.407 e. The third-order valence-electron chi connectivity index (χ3n) is 3.23. The number of alkyl carbamates (subject to hydrolysis) is 1. The van der Waals surface area contributed by atoms with Crippen LogP contribution in [0.1, 0.15) is 37.6 Å². The molecule has 0 aliphatic rings. The molecule has 5 heteroatoms. The van der Waals surface area contributed by atoms with Crippen LogP contribution >= 0.6 is 0 Å². The highest BCUT2D eigenvalue weighted by Crippen LogP contribution is 2.10. The van der Waals surface area contributed by atoms with Gasteiger partial charge in [0.25, 0.3) is 0 Å². The number of benzene rings is 1. The van der Waals surface area contributed by atoms with Gasteiger partial charge in [0.15, 0.2) is 0 Å². The SMILES string of the molecule is CC(C)(C)OC(=O)NCc1ccccc1CNCc1ccc[nH]1. The van der Waals surface area contributed by atoms with Gasteiger partial charge in [-0.3, -0.25) is 0 Å². The number of rotatable bonds is 6. The molecule has 1 aromatic carbocycles. The molecule has 0 radical (unpaired) electrons. The summed E-state index contributed by atoms with van der Waals surface area (Å²) in [7, 11) is 0. The van der Waals surface area contributed by atoms with E-state index in [1.165, 1.54) is 0 Å². The minimum absolute atomic E-state index is 0.397. The Kier molecular flexibility index (Phi) is 5.82. The average molecular weight is 315 g/mol. The molecule has 23 heavy (non-hydrogen) atoms. The molecule has 1 amide bonds. The van der Waals surface area contributed by atoms with Crippen molar-refractivity contribution < 1.29 is 9.53 Å². The summed E-state index contributed by atoms with van der Waals surface area (Å²) in [6.45, 7) is 7.53. The number of carbonyl (C=O) groups excluding carboxylic acids is 1. The number of carbonyl (C=O) groups is 1. The highest BCUT2D eigenvalue weighted by atomic mass is 16.6. The lowest BCUT2D eigenvalue weighted by molar-refractivity contribution is 0.0523. The van der Waals surface area contributed by atoms with Crippen LogP contribution in [0.3, 0.4) is 0 Å². The highest BCUT2D eigenvalue weighted by molar-refractivity contribution is 5.67. The van der Waals surface area contributed by atoms with Crippen molar-refractivity contribution in [1.82, 2.24) is 15.6 Å². The zero-order valence-electron chi connectivity index (χ0n) is 14.0. The first-order chi connectivity index (χ1) is 10.9. The van der Waals surface area contributed by atoms with Gasteiger partial charge in [-0.05, 0) is 44.0 Å². The van der Waals surface area contributed by atoms with Crippen LogP contribution in [0.2, 0.25) is 0 Å². The van der Waals surface area contributed by atoms with Gasteiger partial charge in [0, 0.05) is 31.5 Å². The first-order valence-electron chi connectivity index (χ1n) is 7.81. The van der Waals surface area contributed by atoms with Crippen molar-refractivity contribution in [3.63, 3.8) is 0 Å². The number of H-pyrrole nitrogens is 1. The van der Waals surface area contributed by atoms with E-state index in [1.807, 2.05) is 57.3 Å². The minimum Gasteiger partial charge on any atom is -0.444 e. The van der Waals surface area contributed by atoms with Crippen LogP contribution in [0.5, 0.6) is 0 Å². The molecule has 2 aromatic rings. The Hall–Kier alpha value is -2.27. The van der Waals surface area contributed by atoms with E-state index < -0.39 is 11.7 Å². The molecule has 0 aliphatic heterocycles. The number of hydrogen-bond donors (Lipinski definition) is 3. The molecular weight excluding hydrogens is 290 g/mol. The Morgan fingerprint density at radius 1 is 1.04 bits per heavy atom. The second kappa shape index (κ2) is 7.83. The summed E-state index contributed by atoms with van der Waals surface area (Å²) < 4.78 is 5.26. The summed E-state index contributed by atoms with van der Waals surface area (Å²) in [6, 6.07) is 12.1. The Balaban J connectivity index is 1.85. The summed E-state index contributed by atoms with van der Waals surface area (Å²) in [5.41, 5.74) is 2.91. The van der Waals surface area contributed by atoms with E-state index in [9.17, 15) is 4.79 Å². The van der Waals surface area contributed by atoms with E-state index in [1.54, 1.807) is 0 Å². The quantitative estimate of drug-likeness (QED) is 0.766. The third kappa shape index (κ3) is 6.16. The lowest BCUT2D eigenvalue weighted by Gasteiger charge is -2.20. The summed E-state index contributed by atoms with van der Waals surface area (Å²) in [6.07, 6.45) is 1.52. The normalized spacial score (nSPS) is 11.3. The largest absolute Gasteiger partial charge is 0.444 e. The van der Waals surface area contributed by atoms with Crippen molar-refractivity contribution in [2.24, 2.45) is 0 Å². The second-order valence-electron chi connectivity index (χ2n) is 6.42. The van der Waals surface area contributed by atoms with E-state index in [-0.39, 0.29) is 0 Å². The Morgan fingerprint density at radius 3 is 2.35 bits per heavy atom. The zero-order valence-corrected chi connectivity index (χ0v) is 14.0. The van der Waals surface area contributed by atoms with Crippen molar-refractivity contribution >= 4 is 6.09 Å². The van der Waals surface area contributed by atoms with Gasteiger partial charge < -0.3 is 20.4 Å². The maximum absolute atomic E-state index is 11.8. The van der Waals surface area contributed by atoms with Crippen molar-refractivity contribution in [2.75, 3.05) is 0 Å². The number of nitrogens with one attached hydrogen (secondary N) is 3. The Morgan fingerprint density at radius 2 is 1.74 bits per heavy atom. The molecule has 0 aliphatic carbocycles. The molecule has 0 unspecified atom stereocenters. The van der Waals surface area contributed by atoms with Gasteiger partial charge in [-0.2, -0.15) is 0 Å². The lowest BCUT2D eigenvalue weighted by atomic mass is 10.1. The molecular formula is C18H25N3O2. The molecule has 0 saturated carbocycles. The van der Waals surface area contributed by atoms with Crippen molar-refractivity contribution in [2.45, 2.75) is 46.0 Å².